The van der Waals surface area contributed by atoms with Crippen molar-refractivity contribution in [3.8, 4) is 11.8 Å². The molecule has 3 aromatic carbocycles. The Kier molecular flexibility index (Phi) is 7.11. The van der Waals surface area contributed by atoms with E-state index in [1.807, 2.05) is 49.2 Å². The van der Waals surface area contributed by atoms with Gasteiger partial charge in [0.15, 0.2) is 0 Å². The van der Waals surface area contributed by atoms with Gasteiger partial charge in [-0.15, -0.1) is 0 Å². The van der Waals surface area contributed by atoms with E-state index in [0.29, 0.717) is 65.0 Å². The SMILES string of the molecule is CCc1c(F)ccc2cc(O)cc(N3Cc4nc(OCC56CCCN5C[C@H](F)C6)nc(N(C)Cc5ccccc5)c4C3=O)c12. The molecule has 1 unspecified atom stereocenters. The van der Waals surface area contributed by atoms with Crippen LogP contribution in [0.15, 0.2) is 54.6 Å². The van der Waals surface area contributed by atoms with Gasteiger partial charge >= 0.3 is 6.01 Å². The smallest absolute Gasteiger partial charge is 0.318 e. The first kappa shape index (κ1) is 28.5. The molecule has 4 heterocycles. The van der Waals surface area contributed by atoms with Crippen molar-refractivity contribution in [2.24, 2.45) is 0 Å². The summed E-state index contributed by atoms with van der Waals surface area (Å²) in [6.07, 6.45) is 1.80. The van der Waals surface area contributed by atoms with Crippen LogP contribution in [0, 0.1) is 5.82 Å². The molecule has 2 fully saturated rings. The number of carbonyl (C=O) groups is 1. The molecule has 0 spiro atoms. The van der Waals surface area contributed by atoms with E-state index in [2.05, 4.69) is 4.90 Å². The molecule has 2 atom stereocenters. The highest BCUT2D eigenvalue weighted by Gasteiger charge is 2.49. The molecular formula is C34H35F2N5O3. The Balaban J connectivity index is 1.29. The normalized spacial score (nSPS) is 21.2. The largest absolute Gasteiger partial charge is 0.508 e. The number of hydrogen-bond acceptors (Lipinski definition) is 7. The van der Waals surface area contributed by atoms with Gasteiger partial charge in [0.05, 0.1) is 23.5 Å². The lowest BCUT2D eigenvalue weighted by Gasteiger charge is -2.31. The molecule has 3 aliphatic heterocycles. The fourth-order valence-corrected chi connectivity index (χ4v) is 7.31. The van der Waals surface area contributed by atoms with Gasteiger partial charge in [0, 0.05) is 38.0 Å². The van der Waals surface area contributed by atoms with Gasteiger partial charge in [-0.05, 0) is 54.5 Å². The Bertz CT molecular complexity index is 1750. The molecule has 1 amide bonds. The van der Waals surface area contributed by atoms with Crippen molar-refractivity contribution in [2.45, 2.75) is 57.4 Å². The van der Waals surface area contributed by atoms with Crippen LogP contribution >= 0.6 is 0 Å². The van der Waals surface area contributed by atoms with Gasteiger partial charge < -0.3 is 19.6 Å². The van der Waals surface area contributed by atoms with Crippen molar-refractivity contribution < 1.29 is 23.4 Å². The third-order valence-electron chi connectivity index (χ3n) is 9.34. The van der Waals surface area contributed by atoms with Crippen LogP contribution < -0.4 is 14.5 Å². The Morgan fingerprint density at radius 1 is 1.16 bits per heavy atom. The van der Waals surface area contributed by atoms with Crippen LogP contribution in [0.2, 0.25) is 0 Å². The standard InChI is InChI=1S/C34H35F2N5O3/c1-3-25-26(36)11-10-22-14-24(42)15-28(29(22)25)41-19-27-30(32(41)43)31(39(2)17-21-8-5-4-6-9-21)38-33(37-27)44-20-34-12-7-13-40(34)18-23(35)16-34/h4-6,8-11,14-15,23,42H,3,7,12-13,16-20H2,1-2H3/t23-,34?/m1/s1. The Morgan fingerprint density at radius 3 is 2.77 bits per heavy atom. The lowest BCUT2D eigenvalue weighted by molar-refractivity contribution is 0.0996. The molecule has 2 saturated heterocycles. The molecule has 1 N–H and O–H groups in total. The number of alkyl halides is 1. The Labute approximate surface area is 254 Å². The zero-order valence-electron chi connectivity index (χ0n) is 24.9. The van der Waals surface area contributed by atoms with E-state index in [4.69, 9.17) is 14.7 Å². The monoisotopic (exact) mass is 599 g/mol. The molecule has 10 heteroatoms. The van der Waals surface area contributed by atoms with Crippen LogP contribution in [0.25, 0.3) is 10.8 Å². The number of nitrogens with zero attached hydrogens (tertiary/aromatic N) is 5. The number of phenolic OH excluding ortho intramolecular Hbond substituents is 1. The fraction of sp³-hybridized carbons (Fsp3) is 0.382. The van der Waals surface area contributed by atoms with Crippen molar-refractivity contribution in [1.82, 2.24) is 14.9 Å². The second-order valence-corrected chi connectivity index (χ2v) is 12.2. The van der Waals surface area contributed by atoms with E-state index in [0.717, 1.165) is 24.9 Å². The van der Waals surface area contributed by atoms with Crippen LogP contribution in [0.3, 0.4) is 0 Å². The van der Waals surface area contributed by atoms with E-state index in [9.17, 15) is 18.7 Å². The van der Waals surface area contributed by atoms with Gasteiger partial charge in [0.1, 0.15) is 35.7 Å². The van der Waals surface area contributed by atoms with Crippen molar-refractivity contribution in [3.63, 3.8) is 0 Å². The molecule has 44 heavy (non-hydrogen) atoms. The van der Waals surface area contributed by atoms with Crippen LogP contribution in [0.4, 0.5) is 20.3 Å². The number of benzene rings is 3. The summed E-state index contributed by atoms with van der Waals surface area (Å²) in [4.78, 5) is 29.3. The summed E-state index contributed by atoms with van der Waals surface area (Å²) in [5.41, 5.74) is 2.37. The number of rotatable bonds is 8. The van der Waals surface area contributed by atoms with Crippen molar-refractivity contribution in [3.05, 3.63) is 82.8 Å². The first-order valence-corrected chi connectivity index (χ1v) is 15.2. The highest BCUT2D eigenvalue weighted by molar-refractivity contribution is 6.16. The lowest BCUT2D eigenvalue weighted by atomic mass is 9.95. The minimum absolute atomic E-state index is 0.0236. The number of aromatic nitrogens is 2. The minimum Gasteiger partial charge on any atom is -0.508 e. The molecule has 3 aliphatic rings. The fourth-order valence-electron chi connectivity index (χ4n) is 7.31. The van der Waals surface area contributed by atoms with Crippen LogP contribution in [0.5, 0.6) is 11.8 Å². The molecule has 8 nitrogen and oxygen atoms in total. The lowest BCUT2D eigenvalue weighted by Crippen LogP contribution is -2.43. The second-order valence-electron chi connectivity index (χ2n) is 12.2. The van der Waals surface area contributed by atoms with Crippen LogP contribution in [-0.4, -0.2) is 64.3 Å². The summed E-state index contributed by atoms with van der Waals surface area (Å²) in [6.45, 7) is 3.98. The van der Waals surface area contributed by atoms with Crippen molar-refractivity contribution in [1.29, 1.82) is 0 Å². The zero-order chi connectivity index (χ0) is 30.6. The zero-order valence-corrected chi connectivity index (χ0v) is 24.9. The molecule has 0 saturated carbocycles. The number of amides is 1. The predicted molar refractivity (Wildman–Crippen MR) is 165 cm³/mol. The van der Waals surface area contributed by atoms with Gasteiger partial charge in [0.2, 0.25) is 0 Å². The molecule has 7 rings (SSSR count). The molecule has 0 aliphatic carbocycles. The Hall–Kier alpha value is -4.31. The molecule has 1 aromatic heterocycles. The summed E-state index contributed by atoms with van der Waals surface area (Å²) >= 11 is 0. The van der Waals surface area contributed by atoms with Crippen molar-refractivity contribution in [2.75, 3.05) is 36.5 Å². The molecule has 228 valence electrons. The highest BCUT2D eigenvalue weighted by atomic mass is 19.1. The predicted octanol–water partition coefficient (Wildman–Crippen LogP) is 5.79. The topological polar surface area (TPSA) is 82.0 Å². The maximum absolute atomic E-state index is 15.0. The summed E-state index contributed by atoms with van der Waals surface area (Å²) in [6, 6.07) is 16.1. The number of aryl methyl sites for hydroxylation is 1. The number of anilines is 2. The van der Waals surface area contributed by atoms with E-state index in [-0.39, 0.29) is 42.2 Å². The summed E-state index contributed by atoms with van der Waals surface area (Å²) in [5.74, 6) is -0.304. The van der Waals surface area contributed by atoms with Gasteiger partial charge in [-0.2, -0.15) is 9.97 Å². The third kappa shape index (κ3) is 4.81. The first-order valence-electron chi connectivity index (χ1n) is 15.2. The number of hydrogen-bond donors (Lipinski definition) is 1. The maximum atomic E-state index is 15.0. The third-order valence-corrected chi connectivity index (χ3v) is 9.34. The number of carbonyl (C=O) groups excluding carboxylic acids is 1. The molecule has 0 bridgehead atoms. The van der Waals surface area contributed by atoms with Gasteiger partial charge in [0.25, 0.3) is 5.91 Å². The van der Waals surface area contributed by atoms with E-state index in [1.54, 1.807) is 12.1 Å². The summed E-state index contributed by atoms with van der Waals surface area (Å²) in [7, 11) is 1.87. The van der Waals surface area contributed by atoms with E-state index >= 15 is 0 Å². The molecule has 4 aromatic rings. The van der Waals surface area contributed by atoms with E-state index in [1.165, 1.54) is 17.0 Å². The highest BCUT2D eigenvalue weighted by Crippen LogP contribution is 2.42. The number of ether oxygens (including phenoxy) is 1. The second kappa shape index (κ2) is 11.0. The van der Waals surface area contributed by atoms with Crippen molar-refractivity contribution >= 4 is 28.2 Å². The average molecular weight is 600 g/mol. The molecular weight excluding hydrogens is 564 g/mol. The quantitative estimate of drug-likeness (QED) is 0.275. The average Bonchev–Trinajstić information content (AvgIpc) is 3.65. The van der Waals surface area contributed by atoms with Crippen LogP contribution in [0.1, 0.15) is 53.4 Å². The van der Waals surface area contributed by atoms with Gasteiger partial charge in [-0.3, -0.25) is 9.69 Å². The molecule has 0 radical (unpaired) electrons. The minimum atomic E-state index is -0.881. The van der Waals surface area contributed by atoms with Gasteiger partial charge in [-0.1, -0.05) is 43.3 Å². The maximum Gasteiger partial charge on any atom is 0.318 e. The number of halogens is 2. The number of fused-ring (bicyclic) bond motifs is 3. The summed E-state index contributed by atoms with van der Waals surface area (Å²) < 4.78 is 35.6. The Morgan fingerprint density at radius 2 is 1.98 bits per heavy atom. The number of aromatic hydroxyl groups is 1. The number of phenols is 1. The first-order chi connectivity index (χ1) is 21.3. The van der Waals surface area contributed by atoms with E-state index < -0.39 is 6.17 Å². The van der Waals surface area contributed by atoms with Gasteiger partial charge in [-0.25, -0.2) is 8.78 Å². The van der Waals surface area contributed by atoms with Crippen LogP contribution in [-0.2, 0) is 19.5 Å². The summed E-state index contributed by atoms with van der Waals surface area (Å²) in [5, 5.41) is 11.8.